The average Bonchev–Trinajstić information content (AvgIpc) is 2.46. The van der Waals surface area contributed by atoms with Gasteiger partial charge in [-0.15, -0.1) is 0 Å². The predicted molar refractivity (Wildman–Crippen MR) is 84.0 cm³/mol. The molecule has 0 spiro atoms. The van der Waals surface area contributed by atoms with Crippen molar-refractivity contribution in [3.05, 3.63) is 54.6 Å². The van der Waals surface area contributed by atoms with Crippen LogP contribution in [0.4, 0.5) is 0 Å². The van der Waals surface area contributed by atoms with Crippen molar-refractivity contribution < 1.29 is 9.53 Å². The Kier molecular flexibility index (Phi) is 3.38. The fourth-order valence-corrected chi connectivity index (χ4v) is 2.86. The Hall–Kier alpha value is -1.61. The third-order valence-electron chi connectivity index (χ3n) is 3.66. The van der Waals surface area contributed by atoms with E-state index in [0.717, 1.165) is 16.2 Å². The fourth-order valence-electron chi connectivity index (χ4n) is 2.86. The van der Waals surface area contributed by atoms with Gasteiger partial charge in [-0.1, -0.05) is 42.5 Å². The van der Waals surface area contributed by atoms with Gasteiger partial charge in [-0.2, -0.15) is 0 Å². The summed E-state index contributed by atoms with van der Waals surface area (Å²) >= 11 is 0. The zero-order valence-corrected chi connectivity index (χ0v) is 10.1. The van der Waals surface area contributed by atoms with Gasteiger partial charge in [0.15, 0.2) is 0 Å². The number of ether oxygens (including phenoxy) is 1. The van der Waals surface area contributed by atoms with E-state index < -0.39 is 0 Å². The summed E-state index contributed by atoms with van der Waals surface area (Å²) in [5, 5.41) is 6.95. The van der Waals surface area contributed by atoms with Gasteiger partial charge in [-0.25, -0.2) is 0 Å². The molecule has 0 fully saturated rings. The molecule has 0 unspecified atom stereocenters. The Labute approximate surface area is 138 Å². The fraction of sp³-hybridized carbons (Fsp3) is 0. The third-order valence-corrected chi connectivity index (χ3v) is 3.66. The molecule has 4 aromatic rings. The summed E-state index contributed by atoms with van der Waals surface area (Å²) in [4.78, 5) is 10.6. The van der Waals surface area contributed by atoms with Crippen LogP contribution in [0.5, 0.6) is 5.75 Å². The van der Waals surface area contributed by atoms with E-state index in [1.54, 1.807) is 0 Å². The SMILES string of the molecule is O=COc1ccc2ccc3cccc4ccc1c2c34.[NaH]. The molecule has 0 aliphatic rings. The van der Waals surface area contributed by atoms with Crippen molar-refractivity contribution in [3.63, 3.8) is 0 Å². The van der Waals surface area contributed by atoms with Crippen molar-refractivity contribution in [3.8, 4) is 5.75 Å². The zero-order chi connectivity index (χ0) is 12.8. The first-order valence-corrected chi connectivity index (χ1v) is 6.15. The van der Waals surface area contributed by atoms with Crippen LogP contribution in [0.25, 0.3) is 32.3 Å². The van der Waals surface area contributed by atoms with Crippen LogP contribution < -0.4 is 4.74 Å². The molecule has 3 heteroatoms. The van der Waals surface area contributed by atoms with E-state index in [9.17, 15) is 4.79 Å². The molecule has 0 radical (unpaired) electrons. The van der Waals surface area contributed by atoms with Crippen LogP contribution in [-0.4, -0.2) is 36.0 Å². The second kappa shape index (κ2) is 5.06. The minimum absolute atomic E-state index is 0. The standard InChI is InChI=1S/C17H10O2.Na.H/c18-10-19-15-9-7-13-5-4-11-2-1-3-12-6-8-14(15)17(13)16(11)12;;/h1-10H;;. The van der Waals surface area contributed by atoms with E-state index in [4.69, 9.17) is 4.74 Å². The summed E-state index contributed by atoms with van der Waals surface area (Å²) < 4.78 is 5.08. The van der Waals surface area contributed by atoms with Gasteiger partial charge in [0.25, 0.3) is 6.47 Å². The van der Waals surface area contributed by atoms with E-state index in [1.807, 2.05) is 18.2 Å². The molecule has 0 aliphatic heterocycles. The molecule has 0 N–H and O–H groups in total. The predicted octanol–water partition coefficient (Wildman–Crippen LogP) is 3.47. The second-order valence-corrected chi connectivity index (χ2v) is 4.63. The Balaban J connectivity index is 0.00000121. The zero-order valence-electron chi connectivity index (χ0n) is 10.1. The molecule has 0 bridgehead atoms. The Bertz CT molecular complexity index is 899. The monoisotopic (exact) mass is 270 g/mol. The third kappa shape index (κ3) is 1.80. The Morgan fingerprint density at radius 3 is 2.05 bits per heavy atom. The van der Waals surface area contributed by atoms with Crippen LogP contribution in [0, 0.1) is 0 Å². The maximum absolute atomic E-state index is 10.6. The summed E-state index contributed by atoms with van der Waals surface area (Å²) in [6.45, 7) is 0.478. The summed E-state index contributed by atoms with van der Waals surface area (Å²) in [7, 11) is 0. The molecule has 4 rings (SSSR count). The first-order chi connectivity index (χ1) is 9.38. The first kappa shape index (κ1) is 13.4. The number of rotatable bonds is 2. The van der Waals surface area contributed by atoms with E-state index in [0.29, 0.717) is 12.2 Å². The molecule has 0 saturated carbocycles. The van der Waals surface area contributed by atoms with E-state index in [-0.39, 0.29) is 29.6 Å². The Morgan fingerprint density at radius 2 is 1.35 bits per heavy atom. The van der Waals surface area contributed by atoms with Crippen LogP contribution in [-0.2, 0) is 4.79 Å². The van der Waals surface area contributed by atoms with Gasteiger partial charge >= 0.3 is 29.6 Å². The van der Waals surface area contributed by atoms with Crippen molar-refractivity contribution >= 4 is 68.3 Å². The summed E-state index contributed by atoms with van der Waals surface area (Å²) in [6, 6.07) is 18.4. The van der Waals surface area contributed by atoms with Crippen LogP contribution in [0.2, 0.25) is 0 Å². The number of hydrogen-bond acceptors (Lipinski definition) is 2. The summed E-state index contributed by atoms with van der Waals surface area (Å²) in [5.41, 5.74) is 0. The molecule has 0 saturated heterocycles. The number of carbonyl (C=O) groups is 1. The summed E-state index contributed by atoms with van der Waals surface area (Å²) in [5.74, 6) is 0.612. The molecule has 0 atom stereocenters. The van der Waals surface area contributed by atoms with E-state index >= 15 is 0 Å². The van der Waals surface area contributed by atoms with E-state index in [2.05, 4.69) is 36.4 Å². The van der Waals surface area contributed by atoms with Gasteiger partial charge in [-0.05, 0) is 33.7 Å². The van der Waals surface area contributed by atoms with Gasteiger partial charge < -0.3 is 4.74 Å². The Morgan fingerprint density at radius 1 is 0.750 bits per heavy atom. The molecule has 92 valence electrons. The van der Waals surface area contributed by atoms with Gasteiger partial charge in [0.05, 0.1) is 0 Å². The van der Waals surface area contributed by atoms with Gasteiger partial charge in [-0.3, -0.25) is 4.79 Å². The molecule has 20 heavy (non-hydrogen) atoms. The van der Waals surface area contributed by atoms with E-state index in [1.165, 1.54) is 16.2 Å². The van der Waals surface area contributed by atoms with Crippen LogP contribution >= 0.6 is 0 Å². The minimum atomic E-state index is 0. The quantitative estimate of drug-likeness (QED) is 0.317. The van der Waals surface area contributed by atoms with Crippen molar-refractivity contribution in [1.29, 1.82) is 0 Å². The topological polar surface area (TPSA) is 26.3 Å². The van der Waals surface area contributed by atoms with Crippen molar-refractivity contribution in [1.82, 2.24) is 0 Å². The van der Waals surface area contributed by atoms with Crippen molar-refractivity contribution in [2.75, 3.05) is 0 Å². The number of carbonyl (C=O) groups excluding carboxylic acids is 1. The maximum atomic E-state index is 10.6. The van der Waals surface area contributed by atoms with Crippen LogP contribution in [0.1, 0.15) is 0 Å². The molecule has 0 aromatic heterocycles. The van der Waals surface area contributed by atoms with Gasteiger partial charge in [0.2, 0.25) is 0 Å². The molecule has 0 heterocycles. The van der Waals surface area contributed by atoms with Gasteiger partial charge in [0, 0.05) is 10.8 Å². The first-order valence-electron chi connectivity index (χ1n) is 6.15. The molecular formula is C17H11NaO2. The molecule has 2 nitrogen and oxygen atoms in total. The summed E-state index contributed by atoms with van der Waals surface area (Å²) in [6.07, 6.45) is 0. The second-order valence-electron chi connectivity index (χ2n) is 4.63. The average molecular weight is 270 g/mol. The number of hydrogen-bond donors (Lipinski definition) is 0. The molecule has 4 aromatic carbocycles. The van der Waals surface area contributed by atoms with Crippen LogP contribution in [0.3, 0.4) is 0 Å². The van der Waals surface area contributed by atoms with Crippen molar-refractivity contribution in [2.45, 2.75) is 0 Å². The number of benzene rings is 4. The van der Waals surface area contributed by atoms with Crippen molar-refractivity contribution in [2.24, 2.45) is 0 Å². The molecule has 0 aliphatic carbocycles. The molecule has 0 amide bonds. The van der Waals surface area contributed by atoms with Gasteiger partial charge in [0.1, 0.15) is 5.75 Å². The normalized spacial score (nSPS) is 10.8. The van der Waals surface area contributed by atoms with Crippen LogP contribution in [0.15, 0.2) is 54.6 Å². The molecular weight excluding hydrogens is 259 g/mol.